The summed E-state index contributed by atoms with van der Waals surface area (Å²) in [5.41, 5.74) is 3.99. The van der Waals surface area contributed by atoms with Crippen molar-refractivity contribution in [2.75, 3.05) is 6.61 Å². The van der Waals surface area contributed by atoms with E-state index in [9.17, 15) is 0 Å². The summed E-state index contributed by atoms with van der Waals surface area (Å²) >= 11 is 6.45. The SMILES string of the molecule is Clc1ccccc1-c1nc2nc3ccccc3nc2n1CC1CCCO1. The molecule has 0 amide bonds. The fourth-order valence-electron chi connectivity index (χ4n) is 3.51. The van der Waals surface area contributed by atoms with Crippen molar-refractivity contribution in [1.82, 2.24) is 19.5 Å². The van der Waals surface area contributed by atoms with Gasteiger partial charge in [-0.1, -0.05) is 35.9 Å². The first-order valence-corrected chi connectivity index (χ1v) is 9.17. The number of halogens is 1. The van der Waals surface area contributed by atoms with E-state index in [4.69, 9.17) is 31.3 Å². The smallest absolute Gasteiger partial charge is 0.198 e. The van der Waals surface area contributed by atoms with Crippen LogP contribution in [0.2, 0.25) is 5.02 Å². The van der Waals surface area contributed by atoms with Gasteiger partial charge in [-0.3, -0.25) is 0 Å². The van der Waals surface area contributed by atoms with E-state index in [1.54, 1.807) is 0 Å². The maximum atomic E-state index is 6.45. The summed E-state index contributed by atoms with van der Waals surface area (Å²) in [5, 5.41) is 0.668. The van der Waals surface area contributed by atoms with Crippen molar-refractivity contribution in [3.05, 3.63) is 53.6 Å². The second-order valence-electron chi connectivity index (χ2n) is 6.52. The van der Waals surface area contributed by atoms with Crippen LogP contribution < -0.4 is 0 Å². The standard InChI is InChI=1S/C20H17ClN4O/c21-15-8-2-1-7-14(15)19-24-18-20(25(19)12-13-6-5-11-26-13)23-17-10-4-3-9-16(17)22-18/h1-4,7-10,13H,5-6,11-12H2. The summed E-state index contributed by atoms with van der Waals surface area (Å²) in [7, 11) is 0. The van der Waals surface area contributed by atoms with Crippen LogP contribution in [0.25, 0.3) is 33.7 Å². The highest BCUT2D eigenvalue weighted by Crippen LogP contribution is 2.31. The van der Waals surface area contributed by atoms with Crippen LogP contribution in [-0.4, -0.2) is 32.2 Å². The zero-order valence-corrected chi connectivity index (χ0v) is 14.9. The maximum absolute atomic E-state index is 6.45. The average molecular weight is 365 g/mol. The highest BCUT2D eigenvalue weighted by Gasteiger charge is 2.23. The lowest BCUT2D eigenvalue weighted by molar-refractivity contribution is 0.0981. The fraction of sp³-hybridized carbons (Fsp3) is 0.250. The van der Waals surface area contributed by atoms with Crippen LogP contribution >= 0.6 is 11.6 Å². The van der Waals surface area contributed by atoms with E-state index >= 15 is 0 Å². The van der Waals surface area contributed by atoms with Crippen molar-refractivity contribution in [3.8, 4) is 11.4 Å². The Hall–Kier alpha value is -2.50. The van der Waals surface area contributed by atoms with Gasteiger partial charge >= 0.3 is 0 Å². The van der Waals surface area contributed by atoms with E-state index < -0.39 is 0 Å². The summed E-state index contributed by atoms with van der Waals surface area (Å²) in [6, 6.07) is 15.6. The average Bonchev–Trinajstić information content (AvgIpc) is 3.29. The van der Waals surface area contributed by atoms with Gasteiger partial charge in [0.2, 0.25) is 0 Å². The molecule has 5 nitrogen and oxygen atoms in total. The normalized spacial score (nSPS) is 17.3. The van der Waals surface area contributed by atoms with Crippen LogP contribution in [0.15, 0.2) is 48.5 Å². The number of nitrogens with zero attached hydrogens (tertiary/aromatic N) is 4. The molecule has 0 saturated carbocycles. The van der Waals surface area contributed by atoms with Crippen LogP contribution in [0.4, 0.5) is 0 Å². The number of rotatable bonds is 3. The van der Waals surface area contributed by atoms with Gasteiger partial charge in [0.1, 0.15) is 5.82 Å². The van der Waals surface area contributed by atoms with Gasteiger partial charge in [0.15, 0.2) is 11.3 Å². The van der Waals surface area contributed by atoms with E-state index in [0.29, 0.717) is 17.2 Å². The first-order valence-electron chi connectivity index (χ1n) is 8.79. The van der Waals surface area contributed by atoms with Crippen LogP contribution in [-0.2, 0) is 11.3 Å². The third-order valence-electron chi connectivity index (χ3n) is 4.78. The van der Waals surface area contributed by atoms with Crippen molar-refractivity contribution < 1.29 is 4.74 Å². The largest absolute Gasteiger partial charge is 0.376 e. The minimum atomic E-state index is 0.168. The Morgan fingerprint density at radius 1 is 1.00 bits per heavy atom. The molecule has 0 radical (unpaired) electrons. The molecule has 0 spiro atoms. The zero-order chi connectivity index (χ0) is 17.5. The molecule has 3 heterocycles. The lowest BCUT2D eigenvalue weighted by Crippen LogP contribution is -2.16. The number of benzene rings is 2. The number of aromatic nitrogens is 4. The van der Waals surface area contributed by atoms with Gasteiger partial charge < -0.3 is 9.30 Å². The molecule has 1 aliphatic rings. The Kier molecular flexibility index (Phi) is 3.84. The van der Waals surface area contributed by atoms with Crippen LogP contribution in [0.5, 0.6) is 0 Å². The quantitative estimate of drug-likeness (QED) is 0.538. The van der Waals surface area contributed by atoms with Gasteiger partial charge in [-0.2, -0.15) is 0 Å². The molecule has 4 aromatic rings. The monoisotopic (exact) mass is 364 g/mol. The molecule has 1 unspecified atom stereocenters. The van der Waals surface area contributed by atoms with Crippen molar-refractivity contribution in [3.63, 3.8) is 0 Å². The van der Waals surface area contributed by atoms with Crippen molar-refractivity contribution >= 4 is 33.9 Å². The Labute approximate surface area is 155 Å². The minimum absolute atomic E-state index is 0.168. The van der Waals surface area contributed by atoms with E-state index in [0.717, 1.165) is 47.5 Å². The summed E-state index contributed by atoms with van der Waals surface area (Å²) < 4.78 is 7.96. The molecule has 0 bridgehead atoms. The minimum Gasteiger partial charge on any atom is -0.376 e. The van der Waals surface area contributed by atoms with E-state index in [1.807, 2.05) is 48.5 Å². The lowest BCUT2D eigenvalue weighted by Gasteiger charge is -2.14. The van der Waals surface area contributed by atoms with Crippen molar-refractivity contribution in [2.45, 2.75) is 25.5 Å². The van der Waals surface area contributed by atoms with Gasteiger partial charge in [-0.15, -0.1) is 0 Å². The molecule has 1 fully saturated rings. The molecule has 5 rings (SSSR count). The molecule has 0 aliphatic carbocycles. The van der Waals surface area contributed by atoms with Gasteiger partial charge in [0.05, 0.1) is 28.7 Å². The molecule has 2 aromatic carbocycles. The predicted molar refractivity (Wildman–Crippen MR) is 102 cm³/mol. The molecule has 130 valence electrons. The van der Waals surface area contributed by atoms with E-state index in [2.05, 4.69) is 4.57 Å². The number of hydrogen-bond acceptors (Lipinski definition) is 4. The summed E-state index contributed by atoms with van der Waals surface area (Å²) in [6.07, 6.45) is 2.30. The van der Waals surface area contributed by atoms with Crippen LogP contribution in [0.1, 0.15) is 12.8 Å². The first-order chi connectivity index (χ1) is 12.8. The number of ether oxygens (including phenoxy) is 1. The number of imidazole rings is 1. The van der Waals surface area contributed by atoms with Gasteiger partial charge in [-0.25, -0.2) is 15.0 Å². The Bertz CT molecular complexity index is 1100. The molecule has 1 aliphatic heterocycles. The van der Waals surface area contributed by atoms with Crippen LogP contribution in [0.3, 0.4) is 0 Å². The molecule has 1 saturated heterocycles. The molecular formula is C20H17ClN4O. The molecule has 0 N–H and O–H groups in total. The van der Waals surface area contributed by atoms with Crippen LogP contribution in [0, 0.1) is 0 Å². The molecule has 1 atom stereocenters. The fourth-order valence-corrected chi connectivity index (χ4v) is 3.73. The molecule has 2 aromatic heterocycles. The Morgan fingerprint density at radius 2 is 1.77 bits per heavy atom. The topological polar surface area (TPSA) is 52.8 Å². The third kappa shape index (κ3) is 2.64. The molecular weight excluding hydrogens is 348 g/mol. The van der Waals surface area contributed by atoms with Gasteiger partial charge in [0, 0.05) is 12.2 Å². The summed E-state index contributed by atoms with van der Waals surface area (Å²) in [5.74, 6) is 0.788. The van der Waals surface area contributed by atoms with E-state index in [1.165, 1.54) is 0 Å². The highest BCUT2D eigenvalue weighted by molar-refractivity contribution is 6.33. The van der Waals surface area contributed by atoms with Crippen molar-refractivity contribution in [1.29, 1.82) is 0 Å². The third-order valence-corrected chi connectivity index (χ3v) is 5.11. The number of hydrogen-bond donors (Lipinski definition) is 0. The van der Waals surface area contributed by atoms with E-state index in [-0.39, 0.29) is 6.10 Å². The molecule has 26 heavy (non-hydrogen) atoms. The van der Waals surface area contributed by atoms with Gasteiger partial charge in [-0.05, 0) is 37.1 Å². The summed E-state index contributed by atoms with van der Waals surface area (Å²) in [6.45, 7) is 1.51. The lowest BCUT2D eigenvalue weighted by atomic mass is 10.2. The summed E-state index contributed by atoms with van der Waals surface area (Å²) in [4.78, 5) is 14.3. The Morgan fingerprint density at radius 3 is 2.54 bits per heavy atom. The number of para-hydroxylation sites is 2. The maximum Gasteiger partial charge on any atom is 0.198 e. The van der Waals surface area contributed by atoms with Gasteiger partial charge in [0.25, 0.3) is 0 Å². The number of fused-ring (bicyclic) bond motifs is 2. The van der Waals surface area contributed by atoms with Crippen molar-refractivity contribution in [2.24, 2.45) is 0 Å². The zero-order valence-electron chi connectivity index (χ0n) is 14.1. The highest BCUT2D eigenvalue weighted by atomic mass is 35.5. The molecule has 6 heteroatoms. The second kappa shape index (κ2) is 6.34. The first kappa shape index (κ1) is 15.7. The predicted octanol–water partition coefficient (Wildman–Crippen LogP) is 4.48. The Balaban J connectivity index is 1.76. The second-order valence-corrected chi connectivity index (χ2v) is 6.93.